The molecule has 0 aromatic heterocycles. The first-order valence-electron chi connectivity index (χ1n) is 6.95. The van der Waals surface area contributed by atoms with Crippen molar-refractivity contribution in [1.29, 1.82) is 0 Å². The lowest BCUT2D eigenvalue weighted by Gasteiger charge is -2.11. The Morgan fingerprint density at radius 2 is 1.91 bits per heavy atom. The third-order valence-corrected chi connectivity index (χ3v) is 3.38. The Bertz CT molecular complexity index is 671. The van der Waals surface area contributed by atoms with Crippen molar-refractivity contribution in [2.45, 2.75) is 13.3 Å². The van der Waals surface area contributed by atoms with Crippen LogP contribution in [0.15, 0.2) is 48.5 Å². The van der Waals surface area contributed by atoms with Gasteiger partial charge in [0.05, 0.1) is 0 Å². The Balaban J connectivity index is 1.79. The molecule has 0 saturated carbocycles. The maximum absolute atomic E-state index is 13.0. The molecule has 0 spiro atoms. The van der Waals surface area contributed by atoms with Crippen molar-refractivity contribution in [2.24, 2.45) is 0 Å². The summed E-state index contributed by atoms with van der Waals surface area (Å²) in [6, 6.07) is 13.6. The summed E-state index contributed by atoms with van der Waals surface area (Å²) in [5.74, 6) is -0.203. The lowest BCUT2D eigenvalue weighted by atomic mass is 10.1. The van der Waals surface area contributed by atoms with Gasteiger partial charge in [-0.1, -0.05) is 12.1 Å². The van der Waals surface area contributed by atoms with Gasteiger partial charge in [-0.25, -0.2) is 4.39 Å². The second-order valence-electron chi connectivity index (χ2n) is 4.89. The average Bonchev–Trinajstić information content (AvgIpc) is 2.48. The molecular formula is C17H17FN2OS. The number of hydrogen-bond acceptors (Lipinski definition) is 2. The predicted octanol–water partition coefficient (Wildman–Crippen LogP) is 3.56. The molecule has 0 amide bonds. The van der Waals surface area contributed by atoms with Crippen molar-refractivity contribution in [1.82, 2.24) is 5.32 Å². The Labute approximate surface area is 134 Å². The normalized spacial score (nSPS) is 10.1. The first kappa shape index (κ1) is 16.1. The van der Waals surface area contributed by atoms with Crippen LogP contribution in [0.4, 0.5) is 10.1 Å². The van der Waals surface area contributed by atoms with Crippen LogP contribution in [0.5, 0.6) is 0 Å². The number of halogens is 1. The van der Waals surface area contributed by atoms with Crippen LogP contribution in [0, 0.1) is 5.82 Å². The van der Waals surface area contributed by atoms with Gasteiger partial charge in [0.2, 0.25) is 0 Å². The van der Waals surface area contributed by atoms with Gasteiger partial charge < -0.3 is 10.6 Å². The molecule has 0 bridgehead atoms. The van der Waals surface area contributed by atoms with Crippen LogP contribution in [0.2, 0.25) is 0 Å². The number of rotatable bonds is 5. The minimum absolute atomic E-state index is 0.0299. The topological polar surface area (TPSA) is 41.1 Å². The summed E-state index contributed by atoms with van der Waals surface area (Å²) in [6.45, 7) is 2.14. The minimum Gasteiger partial charge on any atom is -0.362 e. The SMILES string of the molecule is CC(=O)c1ccc(NC(=S)NCCc2cccc(F)c2)cc1. The van der Waals surface area contributed by atoms with Crippen LogP contribution >= 0.6 is 12.2 Å². The van der Waals surface area contributed by atoms with Crippen LogP contribution in [-0.4, -0.2) is 17.4 Å². The summed E-state index contributed by atoms with van der Waals surface area (Å²) in [7, 11) is 0. The first-order valence-corrected chi connectivity index (χ1v) is 7.36. The second-order valence-corrected chi connectivity index (χ2v) is 5.30. The summed E-state index contributed by atoms with van der Waals surface area (Å²) >= 11 is 5.20. The Morgan fingerprint density at radius 3 is 2.55 bits per heavy atom. The van der Waals surface area contributed by atoms with Crippen molar-refractivity contribution in [3.63, 3.8) is 0 Å². The molecule has 5 heteroatoms. The fraction of sp³-hybridized carbons (Fsp3) is 0.176. The number of thiocarbonyl (C=S) groups is 1. The van der Waals surface area contributed by atoms with E-state index in [1.165, 1.54) is 19.1 Å². The van der Waals surface area contributed by atoms with E-state index in [9.17, 15) is 9.18 Å². The third kappa shape index (κ3) is 4.93. The zero-order chi connectivity index (χ0) is 15.9. The van der Waals surface area contributed by atoms with Crippen LogP contribution in [0.1, 0.15) is 22.8 Å². The van der Waals surface area contributed by atoms with E-state index in [0.717, 1.165) is 11.3 Å². The highest BCUT2D eigenvalue weighted by Gasteiger charge is 2.01. The second kappa shape index (κ2) is 7.66. The molecule has 3 nitrogen and oxygen atoms in total. The largest absolute Gasteiger partial charge is 0.362 e. The highest BCUT2D eigenvalue weighted by molar-refractivity contribution is 7.80. The number of nitrogens with one attached hydrogen (secondary N) is 2. The van der Waals surface area contributed by atoms with Gasteiger partial charge in [0.1, 0.15) is 5.82 Å². The maximum atomic E-state index is 13.0. The molecule has 2 aromatic rings. The maximum Gasteiger partial charge on any atom is 0.170 e. The predicted molar refractivity (Wildman–Crippen MR) is 90.8 cm³/mol. The molecule has 0 fully saturated rings. The Morgan fingerprint density at radius 1 is 1.18 bits per heavy atom. The lowest BCUT2D eigenvalue weighted by Crippen LogP contribution is -2.30. The van der Waals surface area contributed by atoms with Gasteiger partial charge in [-0.05, 0) is 67.5 Å². The van der Waals surface area contributed by atoms with Crippen LogP contribution in [-0.2, 0) is 6.42 Å². The average molecular weight is 316 g/mol. The van der Waals surface area contributed by atoms with Gasteiger partial charge >= 0.3 is 0 Å². The molecule has 2 aromatic carbocycles. The van der Waals surface area contributed by atoms with Crippen molar-refractivity contribution < 1.29 is 9.18 Å². The summed E-state index contributed by atoms with van der Waals surface area (Å²) in [4.78, 5) is 11.2. The fourth-order valence-electron chi connectivity index (χ4n) is 1.98. The highest BCUT2D eigenvalue weighted by atomic mass is 32.1. The molecule has 0 saturated heterocycles. The van der Waals surface area contributed by atoms with E-state index in [0.29, 0.717) is 23.6 Å². The zero-order valence-corrected chi connectivity index (χ0v) is 13.0. The van der Waals surface area contributed by atoms with E-state index in [-0.39, 0.29) is 11.6 Å². The van der Waals surface area contributed by atoms with Crippen molar-refractivity contribution in [2.75, 3.05) is 11.9 Å². The van der Waals surface area contributed by atoms with Gasteiger partial charge in [-0.3, -0.25) is 4.79 Å². The van der Waals surface area contributed by atoms with Gasteiger partial charge in [-0.2, -0.15) is 0 Å². The molecule has 0 aliphatic rings. The number of benzene rings is 2. The first-order chi connectivity index (χ1) is 10.5. The number of anilines is 1. The van der Waals surface area contributed by atoms with Gasteiger partial charge in [0, 0.05) is 17.8 Å². The summed E-state index contributed by atoms with van der Waals surface area (Å²) < 4.78 is 13.0. The standard InChI is InChI=1S/C17H17FN2OS/c1-12(21)14-5-7-16(8-6-14)20-17(22)19-10-9-13-3-2-4-15(18)11-13/h2-8,11H,9-10H2,1H3,(H2,19,20,22). The summed E-state index contributed by atoms with van der Waals surface area (Å²) in [5.41, 5.74) is 2.39. The number of Topliss-reactive ketones (excluding diaryl/α,β-unsaturated/α-hetero) is 1. The number of carbonyl (C=O) groups is 1. The number of carbonyl (C=O) groups excluding carboxylic acids is 1. The number of ketones is 1. The third-order valence-electron chi connectivity index (χ3n) is 3.14. The fourth-order valence-corrected chi connectivity index (χ4v) is 2.20. The van der Waals surface area contributed by atoms with E-state index in [2.05, 4.69) is 10.6 Å². The molecule has 0 radical (unpaired) electrons. The van der Waals surface area contributed by atoms with Crippen LogP contribution in [0.25, 0.3) is 0 Å². The molecular weight excluding hydrogens is 299 g/mol. The van der Waals surface area contributed by atoms with E-state index in [1.54, 1.807) is 30.3 Å². The molecule has 2 N–H and O–H groups in total. The summed E-state index contributed by atoms with van der Waals surface area (Å²) in [6.07, 6.45) is 0.683. The lowest BCUT2D eigenvalue weighted by molar-refractivity contribution is 0.101. The van der Waals surface area contributed by atoms with Gasteiger partial charge in [0.25, 0.3) is 0 Å². The van der Waals surface area contributed by atoms with Gasteiger partial charge in [-0.15, -0.1) is 0 Å². The molecule has 2 rings (SSSR count). The summed E-state index contributed by atoms with van der Waals surface area (Å²) in [5, 5.41) is 6.60. The molecule has 0 unspecified atom stereocenters. The molecule has 0 heterocycles. The van der Waals surface area contributed by atoms with Crippen molar-refractivity contribution in [3.8, 4) is 0 Å². The van der Waals surface area contributed by atoms with E-state index < -0.39 is 0 Å². The molecule has 0 atom stereocenters. The van der Waals surface area contributed by atoms with Crippen molar-refractivity contribution >= 4 is 28.8 Å². The van der Waals surface area contributed by atoms with Crippen LogP contribution in [0.3, 0.4) is 0 Å². The molecule has 0 aliphatic carbocycles. The monoisotopic (exact) mass is 316 g/mol. The Hall–Kier alpha value is -2.27. The number of hydrogen-bond donors (Lipinski definition) is 2. The highest BCUT2D eigenvalue weighted by Crippen LogP contribution is 2.10. The van der Waals surface area contributed by atoms with Gasteiger partial charge in [0.15, 0.2) is 10.9 Å². The molecule has 0 aliphatic heterocycles. The zero-order valence-electron chi connectivity index (χ0n) is 12.2. The smallest absolute Gasteiger partial charge is 0.170 e. The van der Waals surface area contributed by atoms with E-state index in [4.69, 9.17) is 12.2 Å². The van der Waals surface area contributed by atoms with E-state index in [1.807, 2.05) is 6.07 Å². The minimum atomic E-state index is -0.233. The molecule has 22 heavy (non-hydrogen) atoms. The van der Waals surface area contributed by atoms with Crippen molar-refractivity contribution in [3.05, 3.63) is 65.5 Å². The van der Waals surface area contributed by atoms with Crippen LogP contribution < -0.4 is 10.6 Å². The Kier molecular flexibility index (Phi) is 5.61. The van der Waals surface area contributed by atoms with E-state index >= 15 is 0 Å². The quantitative estimate of drug-likeness (QED) is 0.654. The molecule has 114 valence electrons.